The molecule has 6 nitrogen and oxygen atoms in total. The van der Waals surface area contributed by atoms with Crippen molar-refractivity contribution in [1.29, 1.82) is 0 Å². The molecule has 0 aromatic heterocycles. The molecular formula is C20H18O6S5. The van der Waals surface area contributed by atoms with Crippen LogP contribution in [0.1, 0.15) is 0 Å². The smallest absolute Gasteiger partial charge is 0.220 e. The summed E-state index contributed by atoms with van der Waals surface area (Å²) in [5.74, 6) is 2.65. The maximum absolute atomic E-state index is 12.9. The predicted molar refractivity (Wildman–Crippen MR) is 129 cm³/mol. The number of sulfone groups is 1. The van der Waals surface area contributed by atoms with Crippen molar-refractivity contribution in [2.45, 2.75) is 22.0 Å². The van der Waals surface area contributed by atoms with Crippen LogP contribution in [0.15, 0.2) is 58.3 Å². The lowest BCUT2D eigenvalue weighted by Gasteiger charge is -2.12. The van der Waals surface area contributed by atoms with Gasteiger partial charge in [-0.3, -0.25) is 0 Å². The van der Waals surface area contributed by atoms with E-state index in [0.717, 1.165) is 11.5 Å². The van der Waals surface area contributed by atoms with Gasteiger partial charge in [-0.2, -0.15) is 0 Å². The lowest BCUT2D eigenvalue weighted by atomic mass is 10.3. The Morgan fingerprint density at radius 1 is 0.774 bits per heavy atom. The first-order valence-corrected chi connectivity index (χ1v) is 13.5. The Bertz CT molecular complexity index is 973. The number of thiocarbonyl (C=S) groups is 2. The summed E-state index contributed by atoms with van der Waals surface area (Å²) >= 11 is 12.9. The number of rotatable bonds is 8. The fraction of sp³-hybridized carbons (Fsp3) is 0.300. The second kappa shape index (κ2) is 9.95. The minimum atomic E-state index is -3.65. The van der Waals surface area contributed by atoms with Crippen molar-refractivity contribution < 1.29 is 27.4 Å². The van der Waals surface area contributed by atoms with Crippen LogP contribution in [0.2, 0.25) is 0 Å². The van der Waals surface area contributed by atoms with Crippen molar-refractivity contribution >= 4 is 66.6 Å². The standard InChI is InChI=1S/C20H18O6S5/c21-31(22,17-5-1-13(2-6-17)23-9-15-11-29-19(27)25-15)18-7-3-14(4-8-18)24-10-16-12-30-20(28)26-16/h1-8,15-16H,9-12H2. The van der Waals surface area contributed by atoms with E-state index >= 15 is 0 Å². The third-order valence-corrected chi connectivity index (χ3v) is 8.87. The van der Waals surface area contributed by atoms with Gasteiger partial charge in [-0.15, -0.1) is 0 Å². The first kappa shape index (κ1) is 22.7. The molecule has 2 saturated heterocycles. The van der Waals surface area contributed by atoms with Crippen molar-refractivity contribution in [1.82, 2.24) is 0 Å². The Hall–Kier alpha value is -1.53. The fourth-order valence-electron chi connectivity index (χ4n) is 2.84. The van der Waals surface area contributed by atoms with Crippen LogP contribution in [0.5, 0.6) is 11.5 Å². The third kappa shape index (κ3) is 5.83. The van der Waals surface area contributed by atoms with Gasteiger partial charge < -0.3 is 18.9 Å². The van der Waals surface area contributed by atoms with Gasteiger partial charge in [0.05, 0.1) is 9.79 Å². The van der Waals surface area contributed by atoms with Gasteiger partial charge in [0.2, 0.25) is 18.6 Å². The van der Waals surface area contributed by atoms with E-state index in [2.05, 4.69) is 0 Å². The molecule has 0 N–H and O–H groups in total. The number of hydrogen-bond donors (Lipinski definition) is 0. The first-order chi connectivity index (χ1) is 14.9. The molecule has 2 aliphatic heterocycles. The molecule has 2 aliphatic rings. The number of ether oxygens (including phenoxy) is 4. The SMILES string of the molecule is O=S(=O)(c1ccc(OCC2CSC(=S)O2)cc1)c1ccc(OCC2CSC(=S)O2)cc1. The Morgan fingerprint density at radius 3 is 1.48 bits per heavy atom. The number of thioether (sulfide) groups is 2. The van der Waals surface area contributed by atoms with Gasteiger partial charge in [0.15, 0.2) is 0 Å². The van der Waals surface area contributed by atoms with E-state index in [1.807, 2.05) is 0 Å². The van der Waals surface area contributed by atoms with Crippen LogP contribution in [-0.2, 0) is 19.3 Å². The second-order valence-corrected chi connectivity index (χ2v) is 11.9. The van der Waals surface area contributed by atoms with E-state index in [1.165, 1.54) is 47.8 Å². The average molecular weight is 515 g/mol. The van der Waals surface area contributed by atoms with Crippen LogP contribution >= 0.6 is 48.0 Å². The minimum absolute atomic E-state index is 0.0859. The Labute approximate surface area is 199 Å². The van der Waals surface area contributed by atoms with Crippen molar-refractivity contribution in [2.75, 3.05) is 24.7 Å². The van der Waals surface area contributed by atoms with Crippen molar-refractivity contribution in [3.63, 3.8) is 0 Å². The van der Waals surface area contributed by atoms with Crippen molar-refractivity contribution in [2.24, 2.45) is 0 Å². The van der Waals surface area contributed by atoms with E-state index in [-0.39, 0.29) is 22.0 Å². The number of benzene rings is 2. The predicted octanol–water partition coefficient (Wildman–Crippen LogP) is 4.11. The molecule has 0 amide bonds. The summed E-state index contributed by atoms with van der Waals surface area (Å²) in [7, 11) is -3.65. The first-order valence-electron chi connectivity index (χ1n) is 9.28. The maximum Gasteiger partial charge on any atom is 0.220 e. The zero-order valence-electron chi connectivity index (χ0n) is 16.1. The van der Waals surface area contributed by atoms with E-state index in [4.69, 9.17) is 43.4 Å². The summed E-state index contributed by atoms with van der Waals surface area (Å²) in [6.07, 6.45) is -0.172. The molecule has 0 spiro atoms. The molecule has 31 heavy (non-hydrogen) atoms. The molecule has 11 heteroatoms. The Balaban J connectivity index is 1.34. The van der Waals surface area contributed by atoms with Gasteiger partial charge in [0, 0.05) is 11.5 Å². The molecular weight excluding hydrogens is 497 g/mol. The molecule has 2 fully saturated rings. The quantitative estimate of drug-likeness (QED) is 0.481. The summed E-state index contributed by atoms with van der Waals surface area (Å²) in [4.78, 5) is 0.375. The minimum Gasteiger partial charge on any atom is -0.490 e. The molecule has 2 heterocycles. The van der Waals surface area contributed by atoms with Crippen LogP contribution in [-0.4, -0.2) is 54.1 Å². The monoisotopic (exact) mass is 514 g/mol. The summed E-state index contributed by atoms with van der Waals surface area (Å²) in [5.41, 5.74) is 0. The Kier molecular flexibility index (Phi) is 7.27. The molecule has 0 aliphatic carbocycles. The summed E-state index contributed by atoms with van der Waals surface area (Å²) in [6.45, 7) is 0.716. The second-order valence-electron chi connectivity index (χ2n) is 6.67. The van der Waals surface area contributed by atoms with Gasteiger partial charge in [-0.05, 0) is 73.0 Å². The molecule has 4 rings (SSSR count). The summed E-state index contributed by atoms with van der Waals surface area (Å²) < 4.78 is 49.1. The van der Waals surface area contributed by atoms with Gasteiger partial charge >= 0.3 is 0 Å². The van der Waals surface area contributed by atoms with Crippen LogP contribution in [0, 0.1) is 0 Å². The third-order valence-electron chi connectivity index (χ3n) is 4.44. The topological polar surface area (TPSA) is 71.1 Å². The lowest BCUT2D eigenvalue weighted by Crippen LogP contribution is -2.19. The molecule has 0 radical (unpaired) electrons. The van der Waals surface area contributed by atoms with Crippen LogP contribution in [0.4, 0.5) is 0 Å². The molecule has 2 aromatic rings. The van der Waals surface area contributed by atoms with Crippen LogP contribution < -0.4 is 9.47 Å². The van der Waals surface area contributed by atoms with E-state index < -0.39 is 9.84 Å². The normalized spacial score (nSPS) is 20.9. The molecule has 164 valence electrons. The van der Waals surface area contributed by atoms with Crippen molar-refractivity contribution in [3.8, 4) is 11.5 Å². The van der Waals surface area contributed by atoms with Gasteiger partial charge in [-0.25, -0.2) is 8.42 Å². The van der Waals surface area contributed by atoms with Crippen LogP contribution in [0.25, 0.3) is 0 Å². The zero-order chi connectivity index (χ0) is 21.8. The molecule has 0 bridgehead atoms. The van der Waals surface area contributed by atoms with E-state index in [0.29, 0.717) is 33.5 Å². The summed E-state index contributed by atoms with van der Waals surface area (Å²) in [6, 6.07) is 12.7. The molecule has 2 atom stereocenters. The van der Waals surface area contributed by atoms with Crippen LogP contribution in [0.3, 0.4) is 0 Å². The number of hydrogen-bond acceptors (Lipinski definition) is 10. The van der Waals surface area contributed by atoms with E-state index in [9.17, 15) is 8.42 Å². The molecule has 2 aromatic carbocycles. The van der Waals surface area contributed by atoms with Gasteiger partial charge in [0.1, 0.15) is 36.9 Å². The maximum atomic E-state index is 12.9. The highest BCUT2D eigenvalue weighted by Gasteiger charge is 2.23. The average Bonchev–Trinajstić information content (AvgIpc) is 3.39. The largest absolute Gasteiger partial charge is 0.490 e. The highest BCUT2D eigenvalue weighted by Crippen LogP contribution is 2.27. The fourth-order valence-corrected chi connectivity index (χ4v) is 6.16. The molecule has 0 saturated carbocycles. The van der Waals surface area contributed by atoms with E-state index in [1.54, 1.807) is 24.3 Å². The van der Waals surface area contributed by atoms with Gasteiger partial charge in [0.25, 0.3) is 0 Å². The van der Waals surface area contributed by atoms with Gasteiger partial charge in [-0.1, -0.05) is 23.5 Å². The highest BCUT2D eigenvalue weighted by molar-refractivity contribution is 8.23. The Morgan fingerprint density at radius 2 is 1.16 bits per heavy atom. The zero-order valence-corrected chi connectivity index (χ0v) is 20.2. The summed E-state index contributed by atoms with van der Waals surface area (Å²) in [5, 5.41) is 0. The highest BCUT2D eigenvalue weighted by atomic mass is 32.2. The van der Waals surface area contributed by atoms with Crippen molar-refractivity contribution in [3.05, 3.63) is 48.5 Å². The molecule has 2 unspecified atom stereocenters. The lowest BCUT2D eigenvalue weighted by molar-refractivity contribution is 0.151.